The molecule has 1 saturated heterocycles. The van der Waals surface area contributed by atoms with Gasteiger partial charge in [-0.15, -0.1) is 0 Å². The number of aromatic nitrogens is 1. The highest BCUT2D eigenvalue weighted by molar-refractivity contribution is 7.89. The lowest BCUT2D eigenvalue weighted by Crippen LogP contribution is -2.42. The number of nitrogens with zero attached hydrogens (tertiary/aromatic N) is 1. The summed E-state index contributed by atoms with van der Waals surface area (Å²) in [6.45, 7) is 9.31. The smallest absolute Gasteiger partial charge is 0.338 e. The summed E-state index contributed by atoms with van der Waals surface area (Å²) >= 11 is 0. The summed E-state index contributed by atoms with van der Waals surface area (Å²) in [5, 5.41) is 0. The van der Waals surface area contributed by atoms with Gasteiger partial charge in [0.25, 0.3) is 0 Å². The highest BCUT2D eigenvalue weighted by Gasteiger charge is 2.31. The second-order valence-corrected chi connectivity index (χ2v) is 10.9. The molecule has 178 valence electrons. The Labute approximate surface area is 194 Å². The van der Waals surface area contributed by atoms with Crippen molar-refractivity contribution >= 4 is 27.6 Å². The summed E-state index contributed by atoms with van der Waals surface area (Å²) in [6, 6.07) is 5.54. The highest BCUT2D eigenvalue weighted by Crippen LogP contribution is 2.27. The lowest BCUT2D eigenvalue weighted by atomic mass is 9.94. The van der Waals surface area contributed by atoms with Crippen molar-refractivity contribution in [1.82, 2.24) is 9.29 Å². The largest absolute Gasteiger partial charge is 0.454 e. The maximum Gasteiger partial charge on any atom is 0.338 e. The molecule has 2 unspecified atom stereocenters. The topological polar surface area (TPSA) is 114 Å². The third-order valence-electron chi connectivity index (χ3n) is 5.97. The summed E-state index contributed by atoms with van der Waals surface area (Å²) in [4.78, 5) is 39.6. The van der Waals surface area contributed by atoms with Crippen LogP contribution in [0, 0.1) is 25.7 Å². The fourth-order valence-corrected chi connectivity index (χ4v) is 6.24. The highest BCUT2D eigenvalue weighted by atomic mass is 32.2. The second kappa shape index (κ2) is 9.61. The summed E-state index contributed by atoms with van der Waals surface area (Å²) in [6.07, 6.45) is 0.993. The molecule has 0 aliphatic carbocycles. The normalized spacial score (nSPS) is 19.3. The number of piperidine rings is 1. The Hall–Kier alpha value is -2.78. The Kier molecular flexibility index (Phi) is 7.23. The van der Waals surface area contributed by atoms with Crippen LogP contribution in [0.3, 0.4) is 0 Å². The van der Waals surface area contributed by atoms with Crippen molar-refractivity contribution in [2.24, 2.45) is 11.8 Å². The number of benzene rings is 1. The Morgan fingerprint density at radius 3 is 2.15 bits per heavy atom. The zero-order valence-electron chi connectivity index (χ0n) is 19.6. The maximum absolute atomic E-state index is 13.0. The minimum Gasteiger partial charge on any atom is -0.454 e. The molecule has 1 aromatic carbocycles. The van der Waals surface area contributed by atoms with Gasteiger partial charge in [-0.05, 0) is 68.9 Å². The van der Waals surface area contributed by atoms with Crippen LogP contribution in [0.1, 0.15) is 69.7 Å². The Balaban J connectivity index is 1.67. The third-order valence-corrected chi connectivity index (χ3v) is 7.81. The summed E-state index contributed by atoms with van der Waals surface area (Å²) in [7, 11) is -3.65. The van der Waals surface area contributed by atoms with Gasteiger partial charge >= 0.3 is 5.97 Å². The number of H-pyrrole nitrogens is 1. The maximum atomic E-state index is 13.0. The van der Waals surface area contributed by atoms with Crippen LogP contribution in [-0.2, 0) is 14.8 Å². The first-order chi connectivity index (χ1) is 15.4. The van der Waals surface area contributed by atoms with Gasteiger partial charge in [0.15, 0.2) is 12.4 Å². The number of hydrogen-bond donors (Lipinski definition) is 1. The summed E-state index contributed by atoms with van der Waals surface area (Å²) < 4.78 is 32.6. The van der Waals surface area contributed by atoms with Crippen molar-refractivity contribution < 1.29 is 27.5 Å². The van der Waals surface area contributed by atoms with Crippen molar-refractivity contribution in [2.75, 3.05) is 19.7 Å². The van der Waals surface area contributed by atoms with Crippen LogP contribution < -0.4 is 0 Å². The molecule has 0 bridgehead atoms. The van der Waals surface area contributed by atoms with E-state index < -0.39 is 28.4 Å². The van der Waals surface area contributed by atoms with E-state index in [1.54, 1.807) is 13.8 Å². The van der Waals surface area contributed by atoms with Crippen molar-refractivity contribution in [3.63, 3.8) is 0 Å². The molecule has 0 saturated carbocycles. The molecular weight excluding hydrogens is 444 g/mol. The number of ketones is 2. The lowest BCUT2D eigenvalue weighted by Gasteiger charge is -2.34. The number of carbonyl (C=O) groups is 3. The predicted molar refractivity (Wildman–Crippen MR) is 123 cm³/mol. The molecule has 1 aliphatic rings. The van der Waals surface area contributed by atoms with Gasteiger partial charge in [0, 0.05) is 24.3 Å². The molecule has 2 aromatic rings. The van der Waals surface area contributed by atoms with E-state index >= 15 is 0 Å². The number of rotatable bonds is 7. The van der Waals surface area contributed by atoms with Gasteiger partial charge in [0.2, 0.25) is 15.8 Å². The van der Waals surface area contributed by atoms with E-state index in [1.807, 2.05) is 13.8 Å². The van der Waals surface area contributed by atoms with Crippen molar-refractivity contribution in [3.8, 4) is 0 Å². The first-order valence-corrected chi connectivity index (χ1v) is 12.4. The van der Waals surface area contributed by atoms with Gasteiger partial charge in [-0.1, -0.05) is 13.8 Å². The number of sulfonamides is 1. The van der Waals surface area contributed by atoms with E-state index in [9.17, 15) is 22.8 Å². The van der Waals surface area contributed by atoms with Crippen molar-refractivity contribution in [1.29, 1.82) is 0 Å². The number of aryl methyl sites for hydroxylation is 1. The summed E-state index contributed by atoms with van der Waals surface area (Å²) in [5.41, 5.74) is 1.95. The molecule has 33 heavy (non-hydrogen) atoms. The van der Waals surface area contributed by atoms with Gasteiger partial charge in [0.05, 0.1) is 16.2 Å². The van der Waals surface area contributed by atoms with Gasteiger partial charge < -0.3 is 9.72 Å². The van der Waals surface area contributed by atoms with Crippen LogP contribution in [-0.4, -0.2) is 54.9 Å². The van der Waals surface area contributed by atoms with Crippen molar-refractivity contribution in [2.45, 2.75) is 45.9 Å². The number of Topliss-reactive ketones (excluding diaryl/α,β-unsaturated/α-hetero) is 2. The van der Waals surface area contributed by atoms with E-state index in [2.05, 4.69) is 4.98 Å². The van der Waals surface area contributed by atoms with Crippen LogP contribution in [0.5, 0.6) is 0 Å². The molecule has 9 heteroatoms. The number of aromatic amines is 1. The fraction of sp³-hybridized carbons (Fsp3) is 0.458. The molecule has 1 fully saturated rings. The summed E-state index contributed by atoms with van der Waals surface area (Å²) in [5.74, 6) is -0.770. The Morgan fingerprint density at radius 1 is 1.06 bits per heavy atom. The van der Waals surface area contributed by atoms with Gasteiger partial charge in [-0.3, -0.25) is 9.59 Å². The second-order valence-electron chi connectivity index (χ2n) is 8.97. The molecule has 2 heterocycles. The van der Waals surface area contributed by atoms with Gasteiger partial charge in [-0.2, -0.15) is 4.31 Å². The predicted octanol–water partition coefficient (Wildman–Crippen LogP) is 3.54. The van der Waals surface area contributed by atoms with Crippen LogP contribution in [0.2, 0.25) is 0 Å². The molecule has 2 atom stereocenters. The standard InChI is InChI=1S/C24H30N2O6S/c1-14-10-15(2)12-26(11-14)33(30,31)20-8-6-19(7-9-20)24(29)32-13-21(28)23-16(3)22(18(5)27)17(4)25-23/h6-9,14-15,25H,10-13H2,1-5H3. The number of ether oxygens (including phenoxy) is 1. The number of esters is 1. The van der Waals surface area contributed by atoms with E-state index in [4.69, 9.17) is 4.74 Å². The zero-order chi connectivity index (χ0) is 24.5. The minimum absolute atomic E-state index is 0.116. The van der Waals surface area contributed by atoms with Crippen LogP contribution in [0.25, 0.3) is 0 Å². The van der Waals surface area contributed by atoms with E-state index in [1.165, 1.54) is 35.5 Å². The van der Waals surface area contributed by atoms with Crippen LogP contribution in [0.4, 0.5) is 0 Å². The third kappa shape index (κ3) is 5.25. The molecule has 1 aliphatic heterocycles. The average molecular weight is 475 g/mol. The zero-order valence-corrected chi connectivity index (χ0v) is 20.4. The molecule has 3 rings (SSSR count). The fourth-order valence-electron chi connectivity index (χ4n) is 4.56. The molecule has 0 spiro atoms. The lowest BCUT2D eigenvalue weighted by molar-refractivity contribution is 0.0473. The molecular formula is C24H30N2O6S. The first kappa shape index (κ1) is 24.9. The molecule has 1 aromatic heterocycles. The number of carbonyl (C=O) groups excluding carboxylic acids is 3. The number of hydrogen-bond acceptors (Lipinski definition) is 6. The van der Waals surface area contributed by atoms with Crippen LogP contribution in [0.15, 0.2) is 29.2 Å². The average Bonchev–Trinajstić information content (AvgIpc) is 3.05. The molecule has 0 amide bonds. The SMILES string of the molecule is CC(=O)c1c(C)[nH]c(C(=O)COC(=O)c2ccc(S(=O)(=O)N3CC(C)CC(C)C3)cc2)c1C. The van der Waals surface area contributed by atoms with E-state index in [0.717, 1.165) is 6.42 Å². The first-order valence-electron chi connectivity index (χ1n) is 10.9. The van der Waals surface area contributed by atoms with E-state index in [-0.39, 0.29) is 33.8 Å². The monoisotopic (exact) mass is 474 g/mol. The number of nitrogens with one attached hydrogen (secondary N) is 1. The van der Waals surface area contributed by atoms with E-state index in [0.29, 0.717) is 29.9 Å². The minimum atomic E-state index is -3.65. The Morgan fingerprint density at radius 2 is 1.64 bits per heavy atom. The van der Waals surface area contributed by atoms with Crippen LogP contribution >= 0.6 is 0 Å². The molecule has 0 radical (unpaired) electrons. The van der Waals surface area contributed by atoms with Crippen molar-refractivity contribution in [3.05, 3.63) is 52.3 Å². The molecule has 1 N–H and O–H groups in total. The van der Waals surface area contributed by atoms with Gasteiger partial charge in [-0.25, -0.2) is 13.2 Å². The van der Waals surface area contributed by atoms with Gasteiger partial charge in [0.1, 0.15) is 0 Å². The quantitative estimate of drug-likeness (QED) is 0.485. The molecule has 8 nitrogen and oxygen atoms in total. The Bertz CT molecular complexity index is 1170.